The highest BCUT2D eigenvalue weighted by atomic mass is 16.5. The van der Waals surface area contributed by atoms with Gasteiger partial charge >= 0.3 is 0 Å². The molecular formula is C14H18O. The van der Waals surface area contributed by atoms with Gasteiger partial charge in [-0.1, -0.05) is 37.3 Å². The van der Waals surface area contributed by atoms with Crippen LogP contribution in [0.15, 0.2) is 30.3 Å². The summed E-state index contributed by atoms with van der Waals surface area (Å²) in [4.78, 5) is 0. The Kier molecular flexibility index (Phi) is 2.10. The first-order chi connectivity index (χ1) is 7.28. The Morgan fingerprint density at radius 1 is 1.33 bits per heavy atom. The molecule has 0 unspecified atom stereocenters. The van der Waals surface area contributed by atoms with Crippen molar-refractivity contribution in [1.82, 2.24) is 0 Å². The van der Waals surface area contributed by atoms with Gasteiger partial charge in [0.05, 0.1) is 12.7 Å². The second kappa shape index (κ2) is 3.34. The molecule has 1 heteroatoms. The highest BCUT2D eigenvalue weighted by Crippen LogP contribution is 2.60. The van der Waals surface area contributed by atoms with Gasteiger partial charge in [0.2, 0.25) is 0 Å². The van der Waals surface area contributed by atoms with E-state index >= 15 is 0 Å². The second-order valence-electron chi connectivity index (χ2n) is 5.34. The average molecular weight is 202 g/mol. The normalized spacial score (nSPS) is 37.7. The third-order valence-corrected chi connectivity index (χ3v) is 4.06. The van der Waals surface area contributed by atoms with Crippen LogP contribution in [0.4, 0.5) is 0 Å². The minimum Gasteiger partial charge on any atom is -0.377 e. The van der Waals surface area contributed by atoms with Crippen molar-refractivity contribution >= 4 is 0 Å². The lowest BCUT2D eigenvalue weighted by molar-refractivity contribution is 0.0670. The van der Waals surface area contributed by atoms with Crippen molar-refractivity contribution in [3.8, 4) is 0 Å². The number of hydrogen-bond donors (Lipinski definition) is 0. The van der Waals surface area contributed by atoms with Crippen LogP contribution >= 0.6 is 0 Å². The summed E-state index contributed by atoms with van der Waals surface area (Å²) in [6.45, 7) is 3.36. The molecule has 0 aromatic heterocycles. The summed E-state index contributed by atoms with van der Waals surface area (Å²) in [5, 5.41) is 0. The summed E-state index contributed by atoms with van der Waals surface area (Å²) in [5.74, 6) is 0.862. The maximum Gasteiger partial charge on any atom is 0.0613 e. The first kappa shape index (κ1) is 9.41. The monoisotopic (exact) mass is 202 g/mol. The van der Waals surface area contributed by atoms with Crippen LogP contribution in [0.1, 0.15) is 25.3 Å². The van der Waals surface area contributed by atoms with E-state index in [1.54, 1.807) is 0 Å². The summed E-state index contributed by atoms with van der Waals surface area (Å²) in [5.41, 5.74) is 2.00. The Hall–Kier alpha value is -0.820. The Bertz CT molecular complexity index is 346. The van der Waals surface area contributed by atoms with Crippen molar-refractivity contribution in [2.24, 2.45) is 11.3 Å². The molecular weight excluding hydrogens is 184 g/mol. The van der Waals surface area contributed by atoms with Gasteiger partial charge in [-0.15, -0.1) is 0 Å². The van der Waals surface area contributed by atoms with Gasteiger partial charge in [0, 0.05) is 0 Å². The third-order valence-electron chi connectivity index (χ3n) is 4.06. The molecule has 2 aliphatic rings. The topological polar surface area (TPSA) is 9.23 Å². The van der Waals surface area contributed by atoms with E-state index in [1.165, 1.54) is 18.4 Å². The molecule has 0 N–H and O–H groups in total. The molecule has 0 amide bonds. The lowest BCUT2D eigenvalue weighted by Crippen LogP contribution is -2.11. The summed E-state index contributed by atoms with van der Waals surface area (Å²) in [6, 6.07) is 10.7. The van der Waals surface area contributed by atoms with Crippen LogP contribution in [0, 0.1) is 11.3 Å². The van der Waals surface area contributed by atoms with Crippen molar-refractivity contribution in [1.29, 1.82) is 0 Å². The van der Waals surface area contributed by atoms with Crippen LogP contribution in [0.5, 0.6) is 0 Å². The Labute approximate surface area is 91.5 Å². The van der Waals surface area contributed by atoms with Gasteiger partial charge in [0.1, 0.15) is 0 Å². The Morgan fingerprint density at radius 2 is 2.13 bits per heavy atom. The van der Waals surface area contributed by atoms with Gasteiger partial charge < -0.3 is 4.74 Å². The molecule has 1 saturated carbocycles. The van der Waals surface area contributed by atoms with Gasteiger partial charge in [-0.3, -0.25) is 0 Å². The highest BCUT2D eigenvalue weighted by molar-refractivity contribution is 5.15. The minimum atomic E-state index is 0.537. The molecule has 0 radical (unpaired) electrons. The van der Waals surface area contributed by atoms with Gasteiger partial charge in [0.25, 0.3) is 0 Å². The molecule has 1 heterocycles. The quantitative estimate of drug-likeness (QED) is 0.732. The van der Waals surface area contributed by atoms with Crippen molar-refractivity contribution < 1.29 is 4.74 Å². The van der Waals surface area contributed by atoms with E-state index in [-0.39, 0.29) is 0 Å². The zero-order valence-corrected chi connectivity index (χ0v) is 9.28. The van der Waals surface area contributed by atoms with E-state index < -0.39 is 0 Å². The first-order valence-electron chi connectivity index (χ1n) is 5.93. The number of aryl methyl sites for hydroxylation is 1. The predicted molar refractivity (Wildman–Crippen MR) is 60.7 cm³/mol. The zero-order valence-electron chi connectivity index (χ0n) is 9.28. The molecule has 1 aliphatic carbocycles. The summed E-state index contributed by atoms with van der Waals surface area (Å²) in [7, 11) is 0. The van der Waals surface area contributed by atoms with Crippen molar-refractivity contribution in [2.45, 2.75) is 32.3 Å². The van der Waals surface area contributed by atoms with Crippen molar-refractivity contribution in [3.63, 3.8) is 0 Å². The standard InChI is InChI=1S/C14H18O/c1-14-9-12(14)13(15-10-14)8-7-11-5-3-2-4-6-11/h2-6,12-13H,7-10H2,1H3/t12-,13+,14+/m1/s1. The molecule has 15 heavy (non-hydrogen) atoms. The van der Waals surface area contributed by atoms with Crippen molar-refractivity contribution in [3.05, 3.63) is 35.9 Å². The van der Waals surface area contributed by atoms with Crippen molar-refractivity contribution in [2.75, 3.05) is 6.61 Å². The minimum absolute atomic E-state index is 0.537. The molecule has 1 aromatic rings. The molecule has 3 atom stereocenters. The number of benzene rings is 1. The van der Waals surface area contributed by atoms with Crippen LogP contribution in [0.2, 0.25) is 0 Å². The number of rotatable bonds is 3. The maximum atomic E-state index is 5.84. The Balaban J connectivity index is 1.55. The van der Waals surface area contributed by atoms with Crippen LogP contribution in [0.3, 0.4) is 0 Å². The molecule has 0 bridgehead atoms. The molecule has 1 nitrogen and oxygen atoms in total. The lowest BCUT2D eigenvalue weighted by Gasteiger charge is -2.11. The van der Waals surface area contributed by atoms with Crippen LogP contribution in [0.25, 0.3) is 0 Å². The van der Waals surface area contributed by atoms with Crippen LogP contribution < -0.4 is 0 Å². The fourth-order valence-electron chi connectivity index (χ4n) is 2.84. The molecule has 3 rings (SSSR count). The van der Waals surface area contributed by atoms with Gasteiger partial charge in [-0.05, 0) is 36.2 Å². The summed E-state index contributed by atoms with van der Waals surface area (Å²) < 4.78 is 5.84. The van der Waals surface area contributed by atoms with E-state index in [1.807, 2.05) is 0 Å². The van der Waals surface area contributed by atoms with Gasteiger partial charge in [0.15, 0.2) is 0 Å². The van der Waals surface area contributed by atoms with Gasteiger partial charge in [-0.25, -0.2) is 0 Å². The maximum absolute atomic E-state index is 5.84. The average Bonchev–Trinajstić information content (AvgIpc) is 2.84. The predicted octanol–water partition coefficient (Wildman–Crippen LogP) is 3.04. The number of hydrogen-bond acceptors (Lipinski definition) is 1. The van der Waals surface area contributed by atoms with E-state index in [4.69, 9.17) is 4.74 Å². The second-order valence-corrected chi connectivity index (χ2v) is 5.34. The SMILES string of the molecule is C[C@]12CO[C@@H](CCc3ccccc3)[C@H]1C2. The summed E-state index contributed by atoms with van der Waals surface area (Å²) >= 11 is 0. The fourth-order valence-corrected chi connectivity index (χ4v) is 2.84. The van der Waals surface area contributed by atoms with Crippen LogP contribution in [-0.2, 0) is 11.2 Å². The third kappa shape index (κ3) is 1.69. The molecule has 1 aromatic carbocycles. The largest absolute Gasteiger partial charge is 0.377 e. The van der Waals surface area contributed by atoms with Gasteiger partial charge in [-0.2, -0.15) is 0 Å². The Morgan fingerprint density at radius 3 is 2.73 bits per heavy atom. The number of ether oxygens (including phenoxy) is 1. The zero-order chi connectivity index (χ0) is 10.3. The lowest BCUT2D eigenvalue weighted by atomic mass is 10.0. The van der Waals surface area contributed by atoms with Crippen LogP contribution in [-0.4, -0.2) is 12.7 Å². The molecule has 1 saturated heterocycles. The fraction of sp³-hybridized carbons (Fsp3) is 0.571. The van der Waals surface area contributed by atoms with E-state index in [9.17, 15) is 0 Å². The molecule has 80 valence electrons. The summed E-state index contributed by atoms with van der Waals surface area (Å²) in [6.07, 6.45) is 4.30. The number of fused-ring (bicyclic) bond motifs is 1. The van der Waals surface area contributed by atoms with E-state index in [2.05, 4.69) is 37.3 Å². The first-order valence-corrected chi connectivity index (χ1v) is 5.93. The molecule has 0 spiro atoms. The smallest absolute Gasteiger partial charge is 0.0613 e. The molecule has 2 fully saturated rings. The molecule has 1 aliphatic heterocycles. The van der Waals surface area contributed by atoms with E-state index in [0.29, 0.717) is 11.5 Å². The highest BCUT2D eigenvalue weighted by Gasteiger charge is 2.59. The van der Waals surface area contributed by atoms with E-state index in [0.717, 1.165) is 18.9 Å².